The Hall–Kier alpha value is -2.17. The Labute approximate surface area is 192 Å². The number of carbonyl (C=O) groups excluding carboxylic acids is 3. The van der Waals surface area contributed by atoms with Gasteiger partial charge in [-0.05, 0) is 56.4 Å². The van der Waals surface area contributed by atoms with Crippen molar-refractivity contribution in [2.24, 2.45) is 11.8 Å². The van der Waals surface area contributed by atoms with E-state index >= 15 is 0 Å². The molecule has 2 aliphatic heterocycles. The number of aryl methyl sites for hydroxylation is 1. The van der Waals surface area contributed by atoms with E-state index in [0.29, 0.717) is 31.8 Å². The van der Waals surface area contributed by atoms with Crippen molar-refractivity contribution in [1.29, 1.82) is 0 Å². The van der Waals surface area contributed by atoms with Crippen LogP contribution < -0.4 is 0 Å². The van der Waals surface area contributed by atoms with Crippen molar-refractivity contribution in [2.45, 2.75) is 83.1 Å². The molecule has 4 rings (SSSR count). The van der Waals surface area contributed by atoms with Crippen LogP contribution in [0, 0.1) is 11.8 Å². The molecule has 0 N–H and O–H groups in total. The Morgan fingerprint density at radius 2 is 1.66 bits per heavy atom. The highest BCUT2D eigenvalue weighted by Crippen LogP contribution is 2.37. The second kappa shape index (κ2) is 11.1. The summed E-state index contributed by atoms with van der Waals surface area (Å²) in [5.41, 5.74) is 1.28. The van der Waals surface area contributed by atoms with Gasteiger partial charge >= 0.3 is 0 Å². The van der Waals surface area contributed by atoms with E-state index in [1.165, 1.54) is 24.8 Å². The summed E-state index contributed by atoms with van der Waals surface area (Å²) in [5.74, 6) is 0.930. The largest absolute Gasteiger partial charge is 0.343 e. The van der Waals surface area contributed by atoms with E-state index in [-0.39, 0.29) is 29.6 Å². The molecule has 5 nitrogen and oxygen atoms in total. The summed E-state index contributed by atoms with van der Waals surface area (Å²) in [5, 5.41) is 0. The van der Waals surface area contributed by atoms with E-state index in [1.807, 2.05) is 28.0 Å². The summed E-state index contributed by atoms with van der Waals surface area (Å²) in [6.07, 6.45) is 11.1. The first kappa shape index (κ1) is 23.0. The molecule has 1 aromatic carbocycles. The standard InChI is InChI=1S/C27H38N2O3/c30-25-20-23(22-13-5-2-6-14-22)27(32)29(19-9-18-28-17-8-16-26(28)31)24(25)15-7-12-21-10-3-1-4-11-21/h1,3-4,10-11,22-24H,2,5-9,12-20H2. The van der Waals surface area contributed by atoms with Gasteiger partial charge in [0.1, 0.15) is 0 Å². The van der Waals surface area contributed by atoms with Gasteiger partial charge < -0.3 is 9.80 Å². The lowest BCUT2D eigenvalue weighted by Gasteiger charge is -2.42. The maximum Gasteiger partial charge on any atom is 0.227 e. The fraction of sp³-hybridized carbons (Fsp3) is 0.667. The first-order valence-electron chi connectivity index (χ1n) is 12.8. The van der Waals surface area contributed by atoms with Gasteiger partial charge in [0, 0.05) is 38.4 Å². The smallest absolute Gasteiger partial charge is 0.227 e. The number of Topliss-reactive ketones (excluding diaryl/α,β-unsaturated/α-hetero) is 1. The number of piperidine rings is 1. The van der Waals surface area contributed by atoms with Gasteiger partial charge in [-0.1, -0.05) is 49.6 Å². The molecule has 1 aromatic rings. The molecular formula is C27H38N2O3. The topological polar surface area (TPSA) is 57.7 Å². The van der Waals surface area contributed by atoms with E-state index in [0.717, 1.165) is 51.5 Å². The fourth-order valence-electron chi connectivity index (χ4n) is 5.98. The van der Waals surface area contributed by atoms with Crippen LogP contribution in [0.2, 0.25) is 0 Å². The molecular weight excluding hydrogens is 400 g/mol. The van der Waals surface area contributed by atoms with Gasteiger partial charge in [0.25, 0.3) is 0 Å². The quantitative estimate of drug-likeness (QED) is 0.575. The Balaban J connectivity index is 1.40. The van der Waals surface area contributed by atoms with Gasteiger partial charge in [-0.25, -0.2) is 0 Å². The Morgan fingerprint density at radius 1 is 0.875 bits per heavy atom. The van der Waals surface area contributed by atoms with E-state index in [9.17, 15) is 14.4 Å². The Bertz CT molecular complexity index is 787. The fourth-order valence-corrected chi connectivity index (χ4v) is 5.98. The lowest BCUT2D eigenvalue weighted by molar-refractivity contribution is -0.153. The van der Waals surface area contributed by atoms with Crippen LogP contribution in [0.4, 0.5) is 0 Å². The summed E-state index contributed by atoms with van der Waals surface area (Å²) < 4.78 is 0. The van der Waals surface area contributed by atoms with E-state index in [1.54, 1.807) is 0 Å². The van der Waals surface area contributed by atoms with Crippen LogP contribution in [-0.4, -0.2) is 53.1 Å². The van der Waals surface area contributed by atoms with E-state index in [4.69, 9.17) is 0 Å². The number of hydrogen-bond donors (Lipinski definition) is 0. The summed E-state index contributed by atoms with van der Waals surface area (Å²) in [7, 11) is 0. The van der Waals surface area contributed by atoms with Crippen LogP contribution in [0.1, 0.15) is 76.2 Å². The van der Waals surface area contributed by atoms with Crippen molar-refractivity contribution < 1.29 is 14.4 Å². The molecule has 1 saturated carbocycles. The van der Waals surface area contributed by atoms with Crippen LogP contribution in [0.15, 0.2) is 30.3 Å². The van der Waals surface area contributed by atoms with Crippen molar-refractivity contribution in [3.63, 3.8) is 0 Å². The molecule has 0 aromatic heterocycles. The number of nitrogens with zero attached hydrogens (tertiary/aromatic N) is 2. The molecule has 1 aliphatic carbocycles. The molecule has 174 valence electrons. The van der Waals surface area contributed by atoms with Crippen LogP contribution >= 0.6 is 0 Å². The predicted octanol–water partition coefficient (Wildman–Crippen LogP) is 4.39. The van der Waals surface area contributed by atoms with Crippen molar-refractivity contribution in [3.05, 3.63) is 35.9 Å². The highest BCUT2D eigenvalue weighted by atomic mass is 16.2. The number of likely N-dealkylation sites (tertiary alicyclic amines) is 2. The molecule has 5 heteroatoms. The molecule has 0 radical (unpaired) electrons. The predicted molar refractivity (Wildman–Crippen MR) is 125 cm³/mol. The number of carbonyl (C=O) groups is 3. The number of ketones is 1. The maximum absolute atomic E-state index is 13.6. The zero-order valence-electron chi connectivity index (χ0n) is 19.3. The number of hydrogen-bond acceptors (Lipinski definition) is 3. The Kier molecular flexibility index (Phi) is 7.99. The molecule has 32 heavy (non-hydrogen) atoms. The third-order valence-corrected chi connectivity index (χ3v) is 7.77. The lowest BCUT2D eigenvalue weighted by atomic mass is 9.74. The summed E-state index contributed by atoms with van der Waals surface area (Å²) in [6.45, 7) is 2.12. The van der Waals surface area contributed by atoms with E-state index < -0.39 is 0 Å². The second-order valence-corrected chi connectivity index (χ2v) is 9.94. The average molecular weight is 439 g/mol. The lowest BCUT2D eigenvalue weighted by Crippen LogP contribution is -2.55. The highest BCUT2D eigenvalue weighted by Gasteiger charge is 2.43. The first-order valence-corrected chi connectivity index (χ1v) is 12.8. The monoisotopic (exact) mass is 438 g/mol. The van der Waals surface area contributed by atoms with Crippen LogP contribution in [0.25, 0.3) is 0 Å². The minimum absolute atomic E-state index is 0.124. The van der Waals surface area contributed by atoms with Crippen molar-refractivity contribution in [2.75, 3.05) is 19.6 Å². The molecule has 2 saturated heterocycles. The van der Waals surface area contributed by atoms with Crippen molar-refractivity contribution in [3.8, 4) is 0 Å². The van der Waals surface area contributed by atoms with Crippen LogP contribution in [0.5, 0.6) is 0 Å². The van der Waals surface area contributed by atoms with E-state index in [2.05, 4.69) is 12.1 Å². The van der Waals surface area contributed by atoms with Gasteiger partial charge in [0.2, 0.25) is 11.8 Å². The van der Waals surface area contributed by atoms with Gasteiger partial charge in [-0.15, -0.1) is 0 Å². The number of amides is 2. The van der Waals surface area contributed by atoms with Gasteiger partial charge in [-0.2, -0.15) is 0 Å². The third-order valence-electron chi connectivity index (χ3n) is 7.77. The normalized spacial score (nSPS) is 25.1. The molecule has 3 fully saturated rings. The zero-order chi connectivity index (χ0) is 22.3. The van der Waals surface area contributed by atoms with Crippen molar-refractivity contribution >= 4 is 17.6 Å². The average Bonchev–Trinajstić information content (AvgIpc) is 3.23. The second-order valence-electron chi connectivity index (χ2n) is 9.94. The third kappa shape index (κ3) is 5.60. The highest BCUT2D eigenvalue weighted by molar-refractivity contribution is 5.97. The van der Waals surface area contributed by atoms with Crippen molar-refractivity contribution in [1.82, 2.24) is 9.80 Å². The summed E-state index contributed by atoms with van der Waals surface area (Å²) in [6, 6.07) is 10.1. The van der Waals surface area contributed by atoms with Gasteiger partial charge in [-0.3, -0.25) is 14.4 Å². The molecule has 2 heterocycles. The molecule has 0 spiro atoms. The molecule has 0 bridgehead atoms. The number of rotatable bonds is 9. The maximum atomic E-state index is 13.6. The van der Waals surface area contributed by atoms with Crippen LogP contribution in [-0.2, 0) is 20.8 Å². The minimum atomic E-state index is -0.291. The Morgan fingerprint density at radius 3 is 2.38 bits per heavy atom. The minimum Gasteiger partial charge on any atom is -0.343 e. The molecule has 2 unspecified atom stereocenters. The summed E-state index contributed by atoms with van der Waals surface area (Å²) in [4.78, 5) is 42.6. The number of benzene rings is 1. The van der Waals surface area contributed by atoms with Gasteiger partial charge in [0.05, 0.1) is 6.04 Å². The molecule has 2 amide bonds. The molecule has 2 atom stereocenters. The zero-order valence-corrected chi connectivity index (χ0v) is 19.3. The van der Waals surface area contributed by atoms with Crippen LogP contribution in [0.3, 0.4) is 0 Å². The summed E-state index contributed by atoms with van der Waals surface area (Å²) >= 11 is 0. The SMILES string of the molecule is O=C1CC(C2CCCCC2)C(=O)N(CCCN2CCCC2=O)C1CCCc1ccccc1. The first-order chi connectivity index (χ1) is 15.6. The molecule has 3 aliphatic rings. The van der Waals surface area contributed by atoms with Gasteiger partial charge in [0.15, 0.2) is 5.78 Å².